The van der Waals surface area contributed by atoms with Crippen LogP contribution < -0.4 is 5.19 Å². The van der Waals surface area contributed by atoms with Crippen LogP contribution in [-0.4, -0.2) is 22.6 Å². The van der Waals surface area contributed by atoms with Gasteiger partial charge in [-0.25, -0.2) is 0 Å². The van der Waals surface area contributed by atoms with Crippen molar-refractivity contribution in [2.75, 3.05) is 0 Å². The SMILES string of the molecule is [2H]C([2H])([2H])c1c[c-]c(-c2cc(C([2H])([2H])C(C)(C)C)c([Si](C)(C)C)cn2)cc1.[Ir].[c-]1ccc2c(oc3ccccc32)c1-c1nc2ccccc2n1Cc1ccccc1. The Hall–Kier alpha value is -4.61. The maximum absolute atomic E-state index is 8.79. The molecule has 0 aliphatic carbocycles. The average Bonchev–Trinajstić information content (AvgIpc) is 3.73. The molecule has 3 heterocycles. The van der Waals surface area contributed by atoms with E-state index in [1.807, 2.05) is 63.2 Å². The van der Waals surface area contributed by atoms with Gasteiger partial charge < -0.3 is 14.0 Å². The molecule has 0 amide bonds. The summed E-state index contributed by atoms with van der Waals surface area (Å²) < 4.78 is 48.5. The third kappa shape index (κ3) is 8.05. The van der Waals surface area contributed by atoms with Crippen LogP contribution in [0, 0.1) is 24.4 Å². The van der Waals surface area contributed by atoms with Gasteiger partial charge in [0, 0.05) is 45.1 Å². The van der Waals surface area contributed by atoms with E-state index in [9.17, 15) is 0 Å². The molecule has 0 bridgehead atoms. The van der Waals surface area contributed by atoms with Gasteiger partial charge in [0.1, 0.15) is 5.58 Å². The summed E-state index contributed by atoms with van der Waals surface area (Å²) >= 11 is 0. The molecule has 0 saturated carbocycles. The molecule has 3 aromatic heterocycles. The number of aryl methyl sites for hydroxylation is 1. The van der Waals surface area contributed by atoms with Crippen molar-refractivity contribution in [3.8, 4) is 22.6 Å². The minimum absolute atomic E-state index is 0. The number of benzene rings is 5. The molecule has 1 radical (unpaired) electrons. The van der Waals surface area contributed by atoms with Crippen LogP contribution in [0.15, 0.2) is 126 Å². The quantitative estimate of drug-likeness (QED) is 0.123. The van der Waals surface area contributed by atoms with Crippen LogP contribution >= 0.6 is 0 Å². The maximum atomic E-state index is 8.79. The molecule has 5 aromatic carbocycles. The van der Waals surface area contributed by atoms with Crippen LogP contribution in [-0.2, 0) is 33.0 Å². The summed E-state index contributed by atoms with van der Waals surface area (Å²) in [6.45, 7) is 10.8. The maximum Gasteiger partial charge on any atom is 0.120 e. The second-order valence-electron chi connectivity index (χ2n) is 14.9. The number of aromatic nitrogens is 3. The van der Waals surface area contributed by atoms with Crippen LogP contribution in [0.25, 0.3) is 55.6 Å². The van der Waals surface area contributed by atoms with Gasteiger partial charge in [0.05, 0.1) is 30.5 Å². The summed E-state index contributed by atoms with van der Waals surface area (Å²) in [5, 5.41) is 3.21. The molecule has 0 saturated heterocycles. The molecule has 8 aromatic rings. The fourth-order valence-corrected chi connectivity index (χ4v) is 7.74. The van der Waals surface area contributed by atoms with Crippen LogP contribution in [0.3, 0.4) is 0 Å². The molecule has 0 aliphatic heterocycles. The Labute approximate surface area is 329 Å². The number of rotatable bonds is 6. The van der Waals surface area contributed by atoms with E-state index in [1.54, 1.807) is 18.3 Å². The van der Waals surface area contributed by atoms with E-state index < -0.39 is 26.7 Å². The first-order valence-corrected chi connectivity index (χ1v) is 20.8. The second-order valence-corrected chi connectivity index (χ2v) is 20.0. The van der Waals surface area contributed by atoms with Crippen molar-refractivity contribution < 1.29 is 31.4 Å². The van der Waals surface area contributed by atoms with E-state index in [2.05, 4.69) is 95.9 Å². The number of hydrogen-bond acceptors (Lipinski definition) is 3. The Morgan fingerprint density at radius 3 is 2.35 bits per heavy atom. The van der Waals surface area contributed by atoms with E-state index in [0.717, 1.165) is 56.1 Å². The number of furan rings is 1. The first kappa shape index (κ1) is 31.0. The van der Waals surface area contributed by atoms with Gasteiger partial charge in [-0.3, -0.25) is 4.98 Å². The predicted molar refractivity (Wildman–Crippen MR) is 216 cm³/mol. The number of para-hydroxylation sites is 3. The Morgan fingerprint density at radius 2 is 1.62 bits per heavy atom. The molecule has 52 heavy (non-hydrogen) atoms. The van der Waals surface area contributed by atoms with E-state index >= 15 is 0 Å². The third-order valence-corrected chi connectivity index (χ3v) is 10.7. The normalized spacial score (nSPS) is 13.7. The summed E-state index contributed by atoms with van der Waals surface area (Å²) in [6.07, 6.45) is 0.269. The van der Waals surface area contributed by atoms with Crippen molar-refractivity contribution in [1.29, 1.82) is 0 Å². The van der Waals surface area contributed by atoms with Gasteiger partial charge in [-0.2, -0.15) is 0 Å². The average molecular weight is 881 g/mol. The zero-order chi connectivity index (χ0) is 40.0. The van der Waals surface area contributed by atoms with Gasteiger partial charge in [-0.05, 0) is 46.4 Å². The van der Waals surface area contributed by atoms with Crippen molar-refractivity contribution in [2.45, 2.75) is 60.2 Å². The van der Waals surface area contributed by atoms with Crippen molar-refractivity contribution in [3.63, 3.8) is 0 Å². The van der Waals surface area contributed by atoms with Crippen LogP contribution in [0.5, 0.6) is 0 Å². The zero-order valence-corrected chi connectivity index (χ0v) is 33.7. The Morgan fingerprint density at radius 1 is 0.865 bits per heavy atom. The monoisotopic (exact) mass is 881 g/mol. The van der Waals surface area contributed by atoms with Crippen LogP contribution in [0.1, 0.15) is 44.3 Å². The topological polar surface area (TPSA) is 43.9 Å². The molecule has 265 valence electrons. The van der Waals surface area contributed by atoms with Gasteiger partial charge in [-0.15, -0.1) is 53.6 Å². The molecule has 0 fully saturated rings. The molecule has 0 N–H and O–H groups in total. The minimum Gasteiger partial charge on any atom is -0.501 e. The largest absolute Gasteiger partial charge is 0.501 e. The smallest absolute Gasteiger partial charge is 0.120 e. The van der Waals surface area contributed by atoms with Crippen molar-refractivity contribution in [2.24, 2.45) is 5.41 Å². The van der Waals surface area contributed by atoms with E-state index in [0.29, 0.717) is 16.8 Å². The summed E-state index contributed by atoms with van der Waals surface area (Å²) in [7, 11) is -1.81. The van der Waals surface area contributed by atoms with E-state index in [4.69, 9.17) is 16.3 Å². The molecular weight excluding hydrogens is 831 g/mol. The minimum atomic E-state index is -2.17. The van der Waals surface area contributed by atoms with Crippen LogP contribution in [0.2, 0.25) is 19.6 Å². The van der Waals surface area contributed by atoms with Gasteiger partial charge in [0.15, 0.2) is 0 Å². The summed E-state index contributed by atoms with van der Waals surface area (Å²) in [6, 6.07) is 43.8. The summed E-state index contributed by atoms with van der Waals surface area (Å²) in [5.74, 6) is 0.875. The Bertz CT molecular complexity index is 2660. The van der Waals surface area contributed by atoms with Gasteiger partial charge in [0.25, 0.3) is 0 Å². The Kier molecular flexibility index (Phi) is 9.03. The molecule has 4 nitrogen and oxygen atoms in total. The number of nitrogens with zero attached hydrogens (tertiary/aromatic N) is 3. The predicted octanol–water partition coefficient (Wildman–Crippen LogP) is 11.4. The van der Waals surface area contributed by atoms with Gasteiger partial charge >= 0.3 is 0 Å². The summed E-state index contributed by atoms with van der Waals surface area (Å²) in [4.78, 5) is 9.53. The van der Waals surface area contributed by atoms with Crippen molar-refractivity contribution in [3.05, 3.63) is 150 Å². The molecule has 0 aliphatic rings. The van der Waals surface area contributed by atoms with Crippen molar-refractivity contribution in [1.82, 2.24) is 14.5 Å². The fraction of sp³-hybridized carbons (Fsp3) is 0.217. The van der Waals surface area contributed by atoms with Gasteiger partial charge in [0.2, 0.25) is 0 Å². The molecular formula is C46H45IrN3OSi-2. The third-order valence-electron chi connectivity index (χ3n) is 8.71. The molecule has 6 heteroatoms. The molecule has 0 atom stereocenters. The van der Waals surface area contributed by atoms with Crippen LogP contribution in [0.4, 0.5) is 0 Å². The second kappa shape index (κ2) is 15.2. The van der Waals surface area contributed by atoms with E-state index in [-0.39, 0.29) is 25.7 Å². The van der Waals surface area contributed by atoms with Gasteiger partial charge in [-0.1, -0.05) is 131 Å². The fourth-order valence-electron chi connectivity index (χ4n) is 6.34. The molecule has 0 spiro atoms. The Balaban J connectivity index is 0.000000190. The summed E-state index contributed by atoms with van der Waals surface area (Å²) in [5.41, 5.74) is 7.52. The number of pyridine rings is 1. The standard InChI is InChI=1S/C26H17N2O.C20H28NSi.Ir/c1-2-9-18(10-3-1)17-28-23-15-6-5-14-22(23)27-26(28)21-13-8-12-20-19-11-4-7-16-24(19)29-25(20)21;1-15-8-10-16(11-9-15)18-12-17(13-20(2,3)4)19(14-21-18)22(5,6)7;/h1-12,14-16H,17H2;8-10,12,14H,13H2,1-7H3;/q2*-1;/i;1D3,13D2;. The number of fused-ring (bicyclic) bond motifs is 4. The first-order chi connectivity index (χ1) is 26.4. The molecule has 8 rings (SSSR count). The molecule has 0 unspecified atom stereocenters. The van der Waals surface area contributed by atoms with Crippen molar-refractivity contribution >= 4 is 46.2 Å². The number of imidazole rings is 1. The van der Waals surface area contributed by atoms with E-state index in [1.165, 1.54) is 11.6 Å². The zero-order valence-electron chi connectivity index (χ0n) is 35.3. The number of hydrogen-bond donors (Lipinski definition) is 0. The first-order valence-electron chi connectivity index (χ1n) is 19.8.